The Hall–Kier alpha value is -0.520. The van der Waals surface area contributed by atoms with Gasteiger partial charge in [-0.25, -0.2) is 0 Å². The lowest BCUT2D eigenvalue weighted by Crippen LogP contribution is -2.28. The SMILES string of the molecule is CC(C)(SC(=S)Sc1ccccc1)C(=O)O. The summed E-state index contributed by atoms with van der Waals surface area (Å²) in [6.45, 7) is 3.30. The molecule has 0 aliphatic heterocycles. The van der Waals surface area contributed by atoms with Gasteiger partial charge in [-0.2, -0.15) is 0 Å². The highest BCUT2D eigenvalue weighted by Crippen LogP contribution is 2.34. The fourth-order valence-electron chi connectivity index (χ4n) is 0.858. The van der Waals surface area contributed by atoms with Gasteiger partial charge in [0.05, 0.1) is 0 Å². The number of aliphatic carboxylic acids is 1. The average molecular weight is 272 g/mol. The first-order valence-corrected chi connectivity index (χ1v) is 6.65. The second-order valence-electron chi connectivity index (χ2n) is 3.58. The van der Waals surface area contributed by atoms with Gasteiger partial charge < -0.3 is 5.11 Å². The van der Waals surface area contributed by atoms with Gasteiger partial charge >= 0.3 is 5.97 Å². The Morgan fingerprint density at radius 1 is 1.31 bits per heavy atom. The molecule has 0 heterocycles. The predicted octanol–water partition coefficient (Wildman–Crippen LogP) is 3.66. The van der Waals surface area contributed by atoms with E-state index in [0.29, 0.717) is 3.53 Å². The summed E-state index contributed by atoms with van der Waals surface area (Å²) in [5.41, 5.74) is 0. The Labute approximate surface area is 109 Å². The molecule has 0 saturated carbocycles. The molecule has 1 aromatic carbocycles. The third-order valence-electron chi connectivity index (χ3n) is 1.80. The molecule has 0 aromatic heterocycles. The summed E-state index contributed by atoms with van der Waals surface area (Å²) >= 11 is 7.78. The van der Waals surface area contributed by atoms with E-state index in [2.05, 4.69) is 0 Å². The zero-order valence-corrected chi connectivity index (χ0v) is 11.4. The van der Waals surface area contributed by atoms with Crippen molar-refractivity contribution in [3.63, 3.8) is 0 Å². The summed E-state index contributed by atoms with van der Waals surface area (Å²) in [5.74, 6) is -0.853. The molecule has 0 bridgehead atoms. The largest absolute Gasteiger partial charge is 0.480 e. The third-order valence-corrected chi connectivity index (χ3v) is 4.32. The summed E-state index contributed by atoms with van der Waals surface area (Å²) in [4.78, 5) is 11.9. The van der Waals surface area contributed by atoms with Crippen LogP contribution < -0.4 is 0 Å². The van der Waals surface area contributed by atoms with Crippen molar-refractivity contribution in [2.24, 2.45) is 0 Å². The van der Waals surface area contributed by atoms with Gasteiger partial charge in [0.1, 0.15) is 8.28 Å². The van der Waals surface area contributed by atoms with E-state index in [1.165, 1.54) is 23.5 Å². The van der Waals surface area contributed by atoms with Crippen LogP contribution in [0.3, 0.4) is 0 Å². The Morgan fingerprint density at radius 3 is 2.38 bits per heavy atom. The molecule has 5 heteroatoms. The first-order valence-electron chi connectivity index (χ1n) is 4.61. The Balaban J connectivity index is 2.58. The van der Waals surface area contributed by atoms with Crippen LogP contribution in [0.4, 0.5) is 0 Å². The fourth-order valence-corrected chi connectivity index (χ4v) is 3.84. The summed E-state index contributed by atoms with van der Waals surface area (Å²) in [7, 11) is 0. The van der Waals surface area contributed by atoms with Crippen LogP contribution in [-0.4, -0.2) is 19.4 Å². The van der Waals surface area contributed by atoms with Crippen molar-refractivity contribution in [2.45, 2.75) is 23.5 Å². The van der Waals surface area contributed by atoms with Crippen LogP contribution in [0.5, 0.6) is 0 Å². The average Bonchev–Trinajstić information content (AvgIpc) is 2.17. The number of carbonyl (C=O) groups is 1. The molecular formula is C11H12O2S3. The van der Waals surface area contributed by atoms with E-state index in [1.807, 2.05) is 30.3 Å². The van der Waals surface area contributed by atoms with Crippen molar-refractivity contribution in [1.29, 1.82) is 0 Å². The zero-order chi connectivity index (χ0) is 12.2. The second-order valence-corrected chi connectivity index (χ2v) is 7.48. The zero-order valence-electron chi connectivity index (χ0n) is 8.97. The molecule has 0 unspecified atom stereocenters. The maximum atomic E-state index is 10.9. The highest BCUT2D eigenvalue weighted by molar-refractivity contribution is 8.47. The summed E-state index contributed by atoms with van der Waals surface area (Å²) in [6, 6.07) is 9.69. The molecule has 0 amide bonds. The van der Waals surface area contributed by atoms with E-state index in [4.69, 9.17) is 17.3 Å². The molecule has 0 radical (unpaired) electrons. The maximum absolute atomic E-state index is 10.9. The van der Waals surface area contributed by atoms with Crippen molar-refractivity contribution in [2.75, 3.05) is 0 Å². The number of thioether (sulfide) groups is 2. The summed E-state index contributed by atoms with van der Waals surface area (Å²) in [6.07, 6.45) is 0. The van der Waals surface area contributed by atoms with E-state index in [-0.39, 0.29) is 0 Å². The molecule has 0 aliphatic carbocycles. The molecule has 2 nitrogen and oxygen atoms in total. The minimum Gasteiger partial charge on any atom is -0.480 e. The van der Waals surface area contributed by atoms with Gasteiger partial charge in [-0.05, 0) is 26.0 Å². The van der Waals surface area contributed by atoms with Gasteiger partial charge in [-0.1, -0.05) is 53.9 Å². The maximum Gasteiger partial charge on any atom is 0.319 e. The molecule has 0 atom stereocenters. The lowest BCUT2D eigenvalue weighted by Gasteiger charge is -2.18. The van der Waals surface area contributed by atoms with Gasteiger partial charge in [-0.15, -0.1) is 0 Å². The fraction of sp³-hybridized carbons (Fsp3) is 0.273. The molecule has 0 spiro atoms. The van der Waals surface area contributed by atoms with Crippen LogP contribution >= 0.6 is 35.7 Å². The summed E-state index contributed by atoms with van der Waals surface area (Å²) in [5, 5.41) is 8.97. The number of carboxylic acid groups (broad SMARTS) is 1. The lowest BCUT2D eigenvalue weighted by atomic mass is 10.2. The standard InChI is InChI=1S/C11H12O2S3/c1-11(2,9(12)13)16-10(14)15-8-6-4-3-5-7-8/h3-7H,1-2H3,(H,12,13). The first-order chi connectivity index (χ1) is 7.42. The van der Waals surface area contributed by atoms with Crippen molar-refractivity contribution < 1.29 is 9.90 Å². The number of carboxylic acids is 1. The van der Waals surface area contributed by atoms with Crippen molar-refractivity contribution in [1.82, 2.24) is 0 Å². The molecule has 1 aromatic rings. The normalized spacial score (nSPS) is 11.1. The van der Waals surface area contributed by atoms with Crippen molar-refractivity contribution >= 4 is 45.2 Å². The van der Waals surface area contributed by atoms with Gasteiger partial charge in [0.25, 0.3) is 0 Å². The quantitative estimate of drug-likeness (QED) is 0.671. The van der Waals surface area contributed by atoms with E-state index >= 15 is 0 Å². The molecule has 16 heavy (non-hydrogen) atoms. The number of hydrogen-bond donors (Lipinski definition) is 1. The van der Waals surface area contributed by atoms with Gasteiger partial charge in [0, 0.05) is 4.90 Å². The molecule has 1 rings (SSSR count). The Kier molecular flexibility index (Phi) is 4.83. The smallest absolute Gasteiger partial charge is 0.319 e. The van der Waals surface area contributed by atoms with E-state index in [0.717, 1.165) is 4.90 Å². The molecule has 0 fully saturated rings. The molecule has 86 valence electrons. The molecule has 1 N–H and O–H groups in total. The summed E-state index contributed by atoms with van der Waals surface area (Å²) < 4.78 is -0.252. The Bertz CT molecular complexity index is 387. The highest BCUT2D eigenvalue weighted by Gasteiger charge is 2.29. The number of benzene rings is 1. The van der Waals surface area contributed by atoms with Crippen molar-refractivity contribution in [3.8, 4) is 0 Å². The Morgan fingerprint density at radius 2 is 1.88 bits per heavy atom. The van der Waals surface area contributed by atoms with Crippen molar-refractivity contribution in [3.05, 3.63) is 30.3 Å². The lowest BCUT2D eigenvalue weighted by molar-refractivity contribution is -0.138. The van der Waals surface area contributed by atoms with Gasteiger partial charge in [0.2, 0.25) is 0 Å². The van der Waals surface area contributed by atoms with Crippen LogP contribution in [0.25, 0.3) is 0 Å². The van der Waals surface area contributed by atoms with E-state index < -0.39 is 10.7 Å². The van der Waals surface area contributed by atoms with Crippen LogP contribution in [0, 0.1) is 0 Å². The number of rotatable bonds is 3. The van der Waals surface area contributed by atoms with Gasteiger partial charge in [-0.3, -0.25) is 4.79 Å². The predicted molar refractivity (Wildman–Crippen MR) is 74.2 cm³/mol. The molecular weight excluding hydrogens is 260 g/mol. The number of thiocarbonyl (C=S) groups is 1. The number of hydrogen-bond acceptors (Lipinski definition) is 4. The second kappa shape index (κ2) is 5.70. The first kappa shape index (κ1) is 13.5. The topological polar surface area (TPSA) is 37.3 Å². The van der Waals surface area contributed by atoms with Crippen LogP contribution in [0.1, 0.15) is 13.8 Å². The minimum absolute atomic E-state index is 0.624. The van der Waals surface area contributed by atoms with E-state index in [1.54, 1.807) is 13.8 Å². The monoisotopic (exact) mass is 272 g/mol. The molecule has 0 saturated heterocycles. The highest BCUT2D eigenvalue weighted by atomic mass is 32.2. The van der Waals surface area contributed by atoms with Crippen LogP contribution in [-0.2, 0) is 4.79 Å². The van der Waals surface area contributed by atoms with Gasteiger partial charge in [0.15, 0.2) is 0 Å². The molecule has 0 aliphatic rings. The van der Waals surface area contributed by atoms with E-state index in [9.17, 15) is 4.79 Å². The minimum atomic E-state index is -0.876. The third kappa shape index (κ3) is 4.15. The van der Waals surface area contributed by atoms with Crippen LogP contribution in [0.2, 0.25) is 0 Å². The van der Waals surface area contributed by atoms with Crippen LogP contribution in [0.15, 0.2) is 35.2 Å².